The lowest BCUT2D eigenvalue weighted by atomic mass is 10.2. The van der Waals surface area contributed by atoms with Gasteiger partial charge in [-0.1, -0.05) is 18.2 Å². The van der Waals surface area contributed by atoms with Crippen molar-refractivity contribution in [1.29, 1.82) is 0 Å². The predicted molar refractivity (Wildman–Crippen MR) is 69.6 cm³/mol. The topological polar surface area (TPSA) is 52.9 Å². The van der Waals surface area contributed by atoms with Gasteiger partial charge in [-0.2, -0.15) is 0 Å². The average Bonchev–Trinajstić information content (AvgIpc) is 2.85. The quantitative estimate of drug-likeness (QED) is 0.788. The van der Waals surface area contributed by atoms with Crippen molar-refractivity contribution in [2.45, 2.75) is 25.0 Å². The Hall–Kier alpha value is -1.10. The van der Waals surface area contributed by atoms with Gasteiger partial charge < -0.3 is 14.9 Å². The fourth-order valence-electron chi connectivity index (χ4n) is 2.37. The molecule has 1 fully saturated rings. The van der Waals surface area contributed by atoms with Crippen LogP contribution >= 0.6 is 0 Å². The number of aliphatic hydroxyl groups excluding tert-OH is 2. The Morgan fingerprint density at radius 3 is 2.83 bits per heavy atom. The molecule has 18 heavy (non-hydrogen) atoms. The predicted octanol–water partition coefficient (Wildman–Crippen LogP) is 0.883. The third kappa shape index (κ3) is 3.70. The lowest BCUT2D eigenvalue weighted by Crippen LogP contribution is -2.40. The molecule has 2 N–H and O–H groups in total. The molecule has 0 aliphatic carbocycles. The van der Waals surface area contributed by atoms with E-state index in [2.05, 4.69) is 4.90 Å². The van der Waals surface area contributed by atoms with Gasteiger partial charge in [-0.3, -0.25) is 4.90 Å². The summed E-state index contributed by atoms with van der Waals surface area (Å²) in [6, 6.07) is 9.70. The number of hydrogen-bond donors (Lipinski definition) is 2. The van der Waals surface area contributed by atoms with E-state index in [1.807, 2.05) is 30.3 Å². The van der Waals surface area contributed by atoms with Crippen molar-refractivity contribution in [2.75, 3.05) is 26.3 Å². The van der Waals surface area contributed by atoms with Crippen molar-refractivity contribution in [3.05, 3.63) is 30.3 Å². The second-order valence-electron chi connectivity index (χ2n) is 4.75. The fraction of sp³-hybridized carbons (Fsp3) is 0.571. The minimum Gasteiger partial charge on any atom is -0.491 e. The maximum atomic E-state index is 9.94. The maximum absolute atomic E-state index is 9.94. The zero-order chi connectivity index (χ0) is 12.8. The largest absolute Gasteiger partial charge is 0.491 e. The summed E-state index contributed by atoms with van der Waals surface area (Å²) in [6.45, 7) is 1.98. The van der Waals surface area contributed by atoms with Crippen molar-refractivity contribution in [3.8, 4) is 5.75 Å². The van der Waals surface area contributed by atoms with Crippen LogP contribution in [-0.4, -0.2) is 53.6 Å². The zero-order valence-corrected chi connectivity index (χ0v) is 10.5. The van der Waals surface area contributed by atoms with Crippen LogP contribution in [0.5, 0.6) is 5.75 Å². The molecule has 2 rings (SSSR count). The van der Waals surface area contributed by atoms with Crippen LogP contribution in [0.25, 0.3) is 0 Å². The highest BCUT2D eigenvalue weighted by Crippen LogP contribution is 2.17. The van der Waals surface area contributed by atoms with Gasteiger partial charge in [0, 0.05) is 12.6 Å². The molecule has 4 nitrogen and oxygen atoms in total. The van der Waals surface area contributed by atoms with Gasteiger partial charge in [0.1, 0.15) is 18.5 Å². The smallest absolute Gasteiger partial charge is 0.119 e. The summed E-state index contributed by atoms with van der Waals surface area (Å²) in [6.07, 6.45) is 1.60. The van der Waals surface area contributed by atoms with Crippen LogP contribution in [0.15, 0.2) is 30.3 Å². The van der Waals surface area contributed by atoms with Gasteiger partial charge in [0.15, 0.2) is 0 Å². The number of nitrogens with zero attached hydrogens (tertiary/aromatic N) is 1. The number of ether oxygens (including phenoxy) is 1. The van der Waals surface area contributed by atoms with Crippen LogP contribution in [0.3, 0.4) is 0 Å². The molecular formula is C14H21NO3. The lowest BCUT2D eigenvalue weighted by Gasteiger charge is -2.25. The van der Waals surface area contributed by atoms with Crippen LogP contribution < -0.4 is 4.74 Å². The van der Waals surface area contributed by atoms with Gasteiger partial charge in [-0.15, -0.1) is 0 Å². The molecule has 0 radical (unpaired) electrons. The first kappa shape index (κ1) is 13.3. The third-order valence-corrected chi connectivity index (χ3v) is 3.34. The van der Waals surface area contributed by atoms with Gasteiger partial charge in [0.2, 0.25) is 0 Å². The molecule has 1 heterocycles. The first-order valence-corrected chi connectivity index (χ1v) is 6.50. The molecule has 0 bridgehead atoms. The van der Waals surface area contributed by atoms with Gasteiger partial charge in [0.05, 0.1) is 6.61 Å². The standard InChI is InChI=1S/C14H21NO3/c16-10-12-5-4-8-15(12)9-13(17)11-18-14-6-2-1-3-7-14/h1-3,6-7,12-13,16-17H,4-5,8-11H2/t12-,13?/m1/s1. The van der Waals surface area contributed by atoms with Gasteiger partial charge in [-0.25, -0.2) is 0 Å². The van der Waals surface area contributed by atoms with E-state index in [4.69, 9.17) is 4.74 Å². The number of β-amino-alcohol motifs (C(OH)–C–C–N with tert-alkyl or cyclic N) is 1. The molecule has 1 aliphatic heterocycles. The second kappa shape index (κ2) is 6.73. The van der Waals surface area contributed by atoms with E-state index < -0.39 is 6.10 Å². The molecule has 1 aliphatic rings. The highest BCUT2D eigenvalue weighted by Gasteiger charge is 2.25. The van der Waals surface area contributed by atoms with E-state index in [0.29, 0.717) is 13.2 Å². The molecule has 2 atom stereocenters. The number of rotatable bonds is 6. The average molecular weight is 251 g/mol. The molecule has 1 aromatic carbocycles. The summed E-state index contributed by atoms with van der Waals surface area (Å²) in [7, 11) is 0. The van der Waals surface area contributed by atoms with Gasteiger partial charge >= 0.3 is 0 Å². The summed E-state index contributed by atoms with van der Waals surface area (Å²) in [5.74, 6) is 0.775. The Labute approximate surface area is 108 Å². The normalized spacial score (nSPS) is 22.0. The molecule has 1 saturated heterocycles. The van der Waals surface area contributed by atoms with E-state index in [1.165, 1.54) is 0 Å². The number of benzene rings is 1. The van der Waals surface area contributed by atoms with Gasteiger partial charge in [-0.05, 0) is 31.5 Å². The summed E-state index contributed by atoms with van der Waals surface area (Å²) >= 11 is 0. The Kier molecular flexibility index (Phi) is 4.99. The fourth-order valence-corrected chi connectivity index (χ4v) is 2.37. The van der Waals surface area contributed by atoms with Crippen molar-refractivity contribution >= 4 is 0 Å². The molecule has 0 saturated carbocycles. The number of para-hydroxylation sites is 1. The van der Waals surface area contributed by atoms with E-state index >= 15 is 0 Å². The molecule has 1 aromatic rings. The second-order valence-corrected chi connectivity index (χ2v) is 4.75. The molecule has 100 valence electrons. The molecule has 0 aromatic heterocycles. The Bertz CT molecular complexity index is 344. The SMILES string of the molecule is OC[C@H]1CCCN1CC(O)COc1ccccc1. The molecule has 4 heteroatoms. The van der Waals surface area contributed by atoms with Crippen LogP contribution in [-0.2, 0) is 0 Å². The number of likely N-dealkylation sites (tertiary alicyclic amines) is 1. The minimum absolute atomic E-state index is 0.173. The molecule has 0 amide bonds. The Morgan fingerprint density at radius 1 is 1.33 bits per heavy atom. The first-order chi connectivity index (χ1) is 8.79. The summed E-state index contributed by atoms with van der Waals surface area (Å²) in [4.78, 5) is 2.14. The molecule has 1 unspecified atom stereocenters. The summed E-state index contributed by atoms with van der Waals surface area (Å²) < 4.78 is 5.51. The van der Waals surface area contributed by atoms with Crippen LogP contribution in [0.4, 0.5) is 0 Å². The van der Waals surface area contributed by atoms with Crippen molar-refractivity contribution in [3.63, 3.8) is 0 Å². The monoisotopic (exact) mass is 251 g/mol. The first-order valence-electron chi connectivity index (χ1n) is 6.50. The van der Waals surface area contributed by atoms with E-state index in [-0.39, 0.29) is 12.6 Å². The van der Waals surface area contributed by atoms with Crippen molar-refractivity contribution in [2.24, 2.45) is 0 Å². The van der Waals surface area contributed by atoms with E-state index in [0.717, 1.165) is 25.1 Å². The lowest BCUT2D eigenvalue weighted by molar-refractivity contribution is 0.0532. The highest BCUT2D eigenvalue weighted by atomic mass is 16.5. The van der Waals surface area contributed by atoms with Crippen LogP contribution in [0.2, 0.25) is 0 Å². The highest BCUT2D eigenvalue weighted by molar-refractivity contribution is 5.20. The van der Waals surface area contributed by atoms with E-state index in [9.17, 15) is 10.2 Å². The van der Waals surface area contributed by atoms with Crippen molar-refractivity contribution < 1.29 is 14.9 Å². The summed E-state index contributed by atoms with van der Waals surface area (Å²) in [5.41, 5.74) is 0. The van der Waals surface area contributed by atoms with Gasteiger partial charge in [0.25, 0.3) is 0 Å². The third-order valence-electron chi connectivity index (χ3n) is 3.34. The minimum atomic E-state index is -0.516. The Balaban J connectivity index is 1.73. The molecular weight excluding hydrogens is 230 g/mol. The number of aliphatic hydroxyl groups is 2. The summed E-state index contributed by atoms with van der Waals surface area (Å²) in [5, 5.41) is 19.1. The Morgan fingerprint density at radius 2 is 2.11 bits per heavy atom. The maximum Gasteiger partial charge on any atom is 0.119 e. The van der Waals surface area contributed by atoms with Crippen LogP contribution in [0.1, 0.15) is 12.8 Å². The van der Waals surface area contributed by atoms with Crippen LogP contribution in [0, 0.1) is 0 Å². The molecule has 0 spiro atoms. The zero-order valence-electron chi connectivity index (χ0n) is 10.5. The van der Waals surface area contributed by atoms with Crippen molar-refractivity contribution in [1.82, 2.24) is 4.90 Å². The van der Waals surface area contributed by atoms with E-state index in [1.54, 1.807) is 0 Å². The number of hydrogen-bond acceptors (Lipinski definition) is 4.